The molecule has 1 aromatic rings. The second kappa shape index (κ2) is 5.56. The summed E-state index contributed by atoms with van der Waals surface area (Å²) >= 11 is 5.96. The van der Waals surface area contributed by atoms with Crippen molar-refractivity contribution in [2.45, 2.75) is 13.8 Å². The Labute approximate surface area is 99.7 Å². The zero-order valence-electron chi connectivity index (χ0n) is 9.25. The van der Waals surface area contributed by atoms with Crippen LogP contribution in [0.3, 0.4) is 0 Å². The minimum atomic E-state index is -0.899. The summed E-state index contributed by atoms with van der Waals surface area (Å²) in [7, 11) is 0. The van der Waals surface area contributed by atoms with Crippen molar-refractivity contribution in [1.29, 1.82) is 0 Å². The first-order valence-electron chi connectivity index (χ1n) is 4.91. The summed E-state index contributed by atoms with van der Waals surface area (Å²) in [4.78, 5) is 10.5. The molecule has 1 aromatic carbocycles. The molecule has 2 N–H and O–H groups in total. The standard InChI is InChI=1S/C12H14ClNO2/c1-8(12(15)16)6-7-14-11-5-3-4-10(13)9(11)2/h3-6,14H,7H2,1-2H3,(H,15,16)/b8-6-. The second-order valence-electron chi connectivity index (χ2n) is 3.49. The summed E-state index contributed by atoms with van der Waals surface area (Å²) in [5.41, 5.74) is 2.21. The molecule has 86 valence electrons. The van der Waals surface area contributed by atoms with Gasteiger partial charge in [-0.2, -0.15) is 0 Å². The maximum atomic E-state index is 10.5. The van der Waals surface area contributed by atoms with E-state index in [0.717, 1.165) is 11.3 Å². The summed E-state index contributed by atoms with van der Waals surface area (Å²) in [6.45, 7) is 3.95. The van der Waals surface area contributed by atoms with E-state index in [0.29, 0.717) is 17.1 Å². The Balaban J connectivity index is 2.66. The average molecular weight is 240 g/mol. The van der Waals surface area contributed by atoms with Crippen LogP contribution in [0.2, 0.25) is 5.02 Å². The van der Waals surface area contributed by atoms with Gasteiger partial charge in [0.25, 0.3) is 0 Å². The molecular formula is C12H14ClNO2. The number of rotatable bonds is 4. The van der Waals surface area contributed by atoms with Crippen LogP contribution >= 0.6 is 11.6 Å². The quantitative estimate of drug-likeness (QED) is 0.794. The van der Waals surface area contributed by atoms with E-state index in [2.05, 4.69) is 5.32 Å². The first-order valence-corrected chi connectivity index (χ1v) is 5.29. The molecule has 0 fully saturated rings. The van der Waals surface area contributed by atoms with E-state index in [-0.39, 0.29) is 0 Å². The Hall–Kier alpha value is -1.48. The second-order valence-corrected chi connectivity index (χ2v) is 3.89. The van der Waals surface area contributed by atoms with Crippen LogP contribution in [0, 0.1) is 6.92 Å². The molecule has 0 unspecified atom stereocenters. The van der Waals surface area contributed by atoms with E-state index in [4.69, 9.17) is 16.7 Å². The molecule has 3 nitrogen and oxygen atoms in total. The van der Waals surface area contributed by atoms with Gasteiger partial charge < -0.3 is 10.4 Å². The molecule has 0 saturated heterocycles. The van der Waals surface area contributed by atoms with Crippen LogP contribution < -0.4 is 5.32 Å². The van der Waals surface area contributed by atoms with Crippen LogP contribution in [0.4, 0.5) is 5.69 Å². The molecule has 0 amide bonds. The number of hydrogen-bond donors (Lipinski definition) is 2. The summed E-state index contributed by atoms with van der Waals surface area (Å²) in [5.74, 6) is -0.899. The van der Waals surface area contributed by atoms with E-state index >= 15 is 0 Å². The van der Waals surface area contributed by atoms with E-state index in [9.17, 15) is 4.79 Å². The fourth-order valence-electron chi connectivity index (χ4n) is 1.20. The van der Waals surface area contributed by atoms with Crippen molar-refractivity contribution < 1.29 is 9.90 Å². The molecule has 0 aliphatic carbocycles. The van der Waals surface area contributed by atoms with Gasteiger partial charge in [-0.1, -0.05) is 23.7 Å². The van der Waals surface area contributed by atoms with Crippen LogP contribution in [-0.4, -0.2) is 17.6 Å². The number of carboxylic acid groups (broad SMARTS) is 1. The highest BCUT2D eigenvalue weighted by Crippen LogP contribution is 2.22. The van der Waals surface area contributed by atoms with Crippen molar-refractivity contribution in [2.75, 3.05) is 11.9 Å². The van der Waals surface area contributed by atoms with E-state index in [1.54, 1.807) is 13.0 Å². The Morgan fingerprint density at radius 2 is 2.25 bits per heavy atom. The van der Waals surface area contributed by atoms with Crippen molar-refractivity contribution in [3.05, 3.63) is 40.4 Å². The number of aliphatic carboxylic acids is 1. The Morgan fingerprint density at radius 3 is 2.88 bits per heavy atom. The highest BCUT2D eigenvalue weighted by Gasteiger charge is 2.01. The molecule has 0 atom stereocenters. The van der Waals surface area contributed by atoms with Gasteiger partial charge in [0.05, 0.1) is 0 Å². The average Bonchev–Trinajstić information content (AvgIpc) is 2.24. The lowest BCUT2D eigenvalue weighted by Crippen LogP contribution is -2.04. The predicted octanol–water partition coefficient (Wildman–Crippen LogP) is 3.09. The Bertz CT molecular complexity index is 427. The van der Waals surface area contributed by atoms with Crippen LogP contribution in [0.1, 0.15) is 12.5 Å². The third-order valence-electron chi connectivity index (χ3n) is 2.31. The summed E-state index contributed by atoms with van der Waals surface area (Å²) in [5, 5.41) is 12.5. The summed E-state index contributed by atoms with van der Waals surface area (Å²) in [6, 6.07) is 5.58. The minimum absolute atomic E-state index is 0.326. The van der Waals surface area contributed by atoms with Gasteiger partial charge in [0.2, 0.25) is 0 Å². The molecule has 0 aliphatic rings. The minimum Gasteiger partial charge on any atom is -0.478 e. The fourth-order valence-corrected chi connectivity index (χ4v) is 1.37. The highest BCUT2D eigenvalue weighted by molar-refractivity contribution is 6.31. The predicted molar refractivity (Wildman–Crippen MR) is 66.1 cm³/mol. The van der Waals surface area contributed by atoms with Crippen LogP contribution in [-0.2, 0) is 4.79 Å². The van der Waals surface area contributed by atoms with Gasteiger partial charge in [-0.05, 0) is 31.5 Å². The van der Waals surface area contributed by atoms with E-state index in [1.807, 2.05) is 25.1 Å². The van der Waals surface area contributed by atoms with Crippen LogP contribution in [0.5, 0.6) is 0 Å². The van der Waals surface area contributed by atoms with Gasteiger partial charge in [-0.15, -0.1) is 0 Å². The third-order valence-corrected chi connectivity index (χ3v) is 2.72. The molecule has 4 heteroatoms. The largest absolute Gasteiger partial charge is 0.478 e. The molecular weight excluding hydrogens is 226 g/mol. The highest BCUT2D eigenvalue weighted by atomic mass is 35.5. The fraction of sp³-hybridized carbons (Fsp3) is 0.250. The molecule has 0 bridgehead atoms. The molecule has 0 aliphatic heterocycles. The third kappa shape index (κ3) is 3.28. The normalized spacial score (nSPS) is 11.3. The van der Waals surface area contributed by atoms with Gasteiger partial charge >= 0.3 is 5.97 Å². The van der Waals surface area contributed by atoms with Gasteiger partial charge in [-0.25, -0.2) is 4.79 Å². The van der Waals surface area contributed by atoms with Crippen molar-refractivity contribution in [3.63, 3.8) is 0 Å². The van der Waals surface area contributed by atoms with Gasteiger partial charge in [0, 0.05) is 22.8 Å². The lowest BCUT2D eigenvalue weighted by atomic mass is 10.2. The van der Waals surface area contributed by atoms with E-state index in [1.165, 1.54) is 0 Å². The smallest absolute Gasteiger partial charge is 0.331 e. The van der Waals surface area contributed by atoms with E-state index < -0.39 is 5.97 Å². The van der Waals surface area contributed by atoms with Crippen molar-refractivity contribution in [3.8, 4) is 0 Å². The van der Waals surface area contributed by atoms with Crippen molar-refractivity contribution >= 4 is 23.3 Å². The number of carboxylic acids is 1. The van der Waals surface area contributed by atoms with Crippen LogP contribution in [0.25, 0.3) is 0 Å². The Morgan fingerprint density at radius 1 is 1.56 bits per heavy atom. The lowest BCUT2D eigenvalue weighted by Gasteiger charge is -2.08. The molecule has 0 saturated carbocycles. The lowest BCUT2D eigenvalue weighted by molar-refractivity contribution is -0.132. The molecule has 1 rings (SSSR count). The van der Waals surface area contributed by atoms with Crippen molar-refractivity contribution in [1.82, 2.24) is 0 Å². The number of hydrogen-bond acceptors (Lipinski definition) is 2. The molecule has 16 heavy (non-hydrogen) atoms. The number of anilines is 1. The van der Waals surface area contributed by atoms with Crippen LogP contribution in [0.15, 0.2) is 29.8 Å². The monoisotopic (exact) mass is 239 g/mol. The SMILES string of the molecule is C/C(=C/CNc1cccc(Cl)c1C)C(=O)O. The topological polar surface area (TPSA) is 49.3 Å². The number of halogens is 1. The first-order chi connectivity index (χ1) is 7.52. The number of nitrogens with one attached hydrogen (secondary N) is 1. The Kier molecular flexibility index (Phi) is 4.38. The van der Waals surface area contributed by atoms with Crippen molar-refractivity contribution in [2.24, 2.45) is 0 Å². The van der Waals surface area contributed by atoms with Gasteiger partial charge in [0.15, 0.2) is 0 Å². The van der Waals surface area contributed by atoms with Gasteiger partial charge in [-0.3, -0.25) is 0 Å². The number of benzene rings is 1. The summed E-state index contributed by atoms with van der Waals surface area (Å²) < 4.78 is 0. The molecule has 0 spiro atoms. The summed E-state index contributed by atoms with van der Waals surface area (Å²) in [6.07, 6.45) is 1.63. The maximum Gasteiger partial charge on any atom is 0.331 e. The maximum absolute atomic E-state index is 10.5. The number of carbonyl (C=O) groups is 1. The molecule has 0 heterocycles. The molecule has 0 aromatic heterocycles. The molecule has 0 radical (unpaired) electrons. The zero-order valence-corrected chi connectivity index (χ0v) is 10.0. The first kappa shape index (κ1) is 12.6. The van der Waals surface area contributed by atoms with Gasteiger partial charge in [0.1, 0.15) is 0 Å². The zero-order chi connectivity index (χ0) is 12.1.